The summed E-state index contributed by atoms with van der Waals surface area (Å²) in [5, 5.41) is 14.0. The molecule has 0 saturated carbocycles. The van der Waals surface area contributed by atoms with Crippen molar-refractivity contribution in [1.82, 2.24) is 5.06 Å². The molecular formula is C20H22N2O4. The summed E-state index contributed by atoms with van der Waals surface area (Å²) < 4.78 is 11.4. The fraction of sp³-hybridized carbons (Fsp3) is 0.300. The van der Waals surface area contributed by atoms with Crippen molar-refractivity contribution in [3.05, 3.63) is 75.5 Å². The molecule has 2 aromatic carbocycles. The Morgan fingerprint density at radius 2 is 1.73 bits per heavy atom. The second-order valence-electron chi connectivity index (χ2n) is 6.19. The van der Waals surface area contributed by atoms with Crippen LogP contribution in [0.15, 0.2) is 54.2 Å². The van der Waals surface area contributed by atoms with Gasteiger partial charge in [0.05, 0.1) is 35.8 Å². The van der Waals surface area contributed by atoms with Crippen molar-refractivity contribution < 1.29 is 14.2 Å². The highest BCUT2D eigenvalue weighted by Crippen LogP contribution is 2.46. The van der Waals surface area contributed by atoms with Crippen molar-refractivity contribution in [2.24, 2.45) is 0 Å². The van der Waals surface area contributed by atoms with E-state index in [9.17, 15) is 10.1 Å². The van der Waals surface area contributed by atoms with E-state index in [2.05, 4.69) is 0 Å². The van der Waals surface area contributed by atoms with Crippen LogP contribution in [0.5, 0.6) is 11.5 Å². The Morgan fingerprint density at radius 3 is 2.31 bits per heavy atom. The Morgan fingerprint density at radius 1 is 1.08 bits per heavy atom. The van der Waals surface area contributed by atoms with E-state index in [0.29, 0.717) is 34.9 Å². The van der Waals surface area contributed by atoms with Gasteiger partial charge in [-0.3, -0.25) is 0 Å². The second-order valence-corrected chi connectivity index (χ2v) is 6.19. The second kappa shape index (κ2) is 6.80. The first kappa shape index (κ1) is 17.9. The molecule has 0 amide bonds. The minimum absolute atomic E-state index is 0.403. The molecule has 26 heavy (non-hydrogen) atoms. The summed E-state index contributed by atoms with van der Waals surface area (Å²) >= 11 is 0. The molecule has 2 aromatic rings. The van der Waals surface area contributed by atoms with Crippen LogP contribution in [0, 0.1) is 10.1 Å². The highest BCUT2D eigenvalue weighted by atomic mass is 16.5. The average Bonchev–Trinajstić information content (AvgIpc) is 2.89. The fourth-order valence-electron chi connectivity index (χ4n) is 3.33. The van der Waals surface area contributed by atoms with Gasteiger partial charge in [0.15, 0.2) is 11.5 Å². The van der Waals surface area contributed by atoms with Gasteiger partial charge in [0.25, 0.3) is 5.70 Å². The van der Waals surface area contributed by atoms with Crippen molar-refractivity contribution >= 4 is 5.70 Å². The summed E-state index contributed by atoms with van der Waals surface area (Å²) in [7, 11) is 3.06. The Hall–Kier alpha value is -2.86. The lowest BCUT2D eigenvalue weighted by atomic mass is 10.0. The number of allylic oxidation sites excluding steroid dienone is 1. The fourth-order valence-corrected chi connectivity index (χ4v) is 3.33. The molecule has 0 aromatic heterocycles. The maximum absolute atomic E-state index is 13.3. The molecule has 0 fully saturated rings. The van der Waals surface area contributed by atoms with Crippen LogP contribution in [0.3, 0.4) is 0 Å². The molecule has 1 aliphatic heterocycles. The number of hydroxylamine groups is 2. The highest BCUT2D eigenvalue weighted by Gasteiger charge is 2.55. The van der Waals surface area contributed by atoms with Crippen molar-refractivity contribution in [3.8, 4) is 11.5 Å². The van der Waals surface area contributed by atoms with Crippen LogP contribution in [0.2, 0.25) is 0 Å². The van der Waals surface area contributed by atoms with E-state index in [1.54, 1.807) is 32.2 Å². The van der Waals surface area contributed by atoms with Crippen molar-refractivity contribution in [2.45, 2.75) is 25.9 Å². The van der Waals surface area contributed by atoms with Gasteiger partial charge >= 0.3 is 5.66 Å². The lowest BCUT2D eigenvalue weighted by molar-refractivity contribution is -0.565. The van der Waals surface area contributed by atoms with Crippen LogP contribution < -0.4 is 9.47 Å². The highest BCUT2D eigenvalue weighted by molar-refractivity contribution is 5.64. The van der Waals surface area contributed by atoms with E-state index in [1.165, 1.54) is 7.11 Å². The minimum Gasteiger partial charge on any atom is -0.753 e. The number of ether oxygens (including phenoxy) is 2. The van der Waals surface area contributed by atoms with Crippen LogP contribution in [0.1, 0.15) is 31.4 Å². The number of hydrogen-bond acceptors (Lipinski definition) is 5. The zero-order valence-electron chi connectivity index (χ0n) is 15.4. The molecule has 1 aliphatic rings. The Bertz CT molecular complexity index is 863. The van der Waals surface area contributed by atoms with Crippen molar-refractivity contribution in [1.29, 1.82) is 0 Å². The summed E-state index contributed by atoms with van der Waals surface area (Å²) in [6.45, 7) is 3.50. The standard InChI is InChI=1S/C20H22N2O4/c1-5-16-19(14-9-7-6-8-10-14)22(24)20(2,21(16)23)15-11-12-17(25-3)18(13-15)26-4/h6-13H,5H2,1-4H3. The third-order valence-electron chi connectivity index (χ3n) is 4.83. The van der Waals surface area contributed by atoms with Crippen LogP contribution in [-0.2, 0) is 5.66 Å². The largest absolute Gasteiger partial charge is 0.753 e. The predicted octanol–water partition coefficient (Wildman–Crippen LogP) is 4.25. The van der Waals surface area contributed by atoms with E-state index < -0.39 is 5.66 Å². The maximum Gasteiger partial charge on any atom is 0.306 e. The van der Waals surface area contributed by atoms with Gasteiger partial charge in [0.1, 0.15) is 0 Å². The van der Waals surface area contributed by atoms with Gasteiger partial charge in [0, 0.05) is 11.8 Å². The number of rotatable bonds is 5. The van der Waals surface area contributed by atoms with Crippen LogP contribution >= 0.6 is 0 Å². The van der Waals surface area contributed by atoms with E-state index in [0.717, 1.165) is 15.4 Å². The molecule has 0 spiro atoms. The molecule has 0 aliphatic carbocycles. The molecule has 0 bridgehead atoms. The molecule has 136 valence electrons. The van der Waals surface area contributed by atoms with E-state index in [4.69, 9.17) is 9.47 Å². The van der Waals surface area contributed by atoms with Crippen molar-refractivity contribution in [3.63, 3.8) is 0 Å². The summed E-state index contributed by atoms with van der Waals surface area (Å²) in [6, 6.07) is 14.4. The van der Waals surface area contributed by atoms with Crippen LogP contribution in [-0.4, -0.2) is 24.0 Å². The number of nitrogens with zero attached hydrogens (tertiary/aromatic N) is 2. The average molecular weight is 354 g/mol. The third-order valence-corrected chi connectivity index (χ3v) is 4.83. The van der Waals surface area contributed by atoms with Gasteiger partial charge in [-0.2, -0.15) is 0 Å². The third kappa shape index (κ3) is 2.54. The molecule has 6 heteroatoms. The van der Waals surface area contributed by atoms with Crippen LogP contribution in [0.25, 0.3) is 5.70 Å². The molecule has 1 atom stereocenters. The van der Waals surface area contributed by atoms with E-state index in [-0.39, 0.29) is 0 Å². The first-order valence-electron chi connectivity index (χ1n) is 8.44. The maximum atomic E-state index is 13.3. The van der Waals surface area contributed by atoms with Gasteiger partial charge in [0.2, 0.25) is 0 Å². The van der Waals surface area contributed by atoms with Crippen molar-refractivity contribution in [2.75, 3.05) is 14.2 Å². The number of nitroso groups, excluding NO2 is 1. The zero-order valence-corrected chi connectivity index (χ0v) is 15.4. The molecule has 0 N–H and O–H groups in total. The van der Waals surface area contributed by atoms with E-state index in [1.807, 2.05) is 37.3 Å². The lowest BCUT2D eigenvalue weighted by Gasteiger charge is -2.36. The van der Waals surface area contributed by atoms with Gasteiger partial charge in [-0.15, -0.1) is 0 Å². The number of methoxy groups -OCH3 is 2. The first-order chi connectivity index (χ1) is 12.5. The normalized spacial score (nSPS) is 19.9. The molecule has 1 heterocycles. The molecule has 1 unspecified atom stereocenters. The first-order valence-corrected chi connectivity index (χ1v) is 8.44. The summed E-state index contributed by atoms with van der Waals surface area (Å²) in [5.41, 5.74) is 0.709. The predicted molar refractivity (Wildman–Crippen MR) is 99.4 cm³/mol. The van der Waals surface area contributed by atoms with Gasteiger partial charge in [-0.1, -0.05) is 25.1 Å². The van der Waals surface area contributed by atoms with Gasteiger partial charge < -0.3 is 19.7 Å². The molecule has 0 radical (unpaired) electrons. The van der Waals surface area contributed by atoms with Gasteiger partial charge in [-0.05, 0) is 36.8 Å². The number of hydrogen-bond donors (Lipinski definition) is 0. The van der Waals surface area contributed by atoms with Crippen LogP contribution in [0.4, 0.5) is 0 Å². The smallest absolute Gasteiger partial charge is 0.306 e. The SMILES string of the molecule is CCC1=C(c2ccccc2)[N+](=O)C(C)(c2ccc(OC)c(OC)c2)N1[O-]. The molecule has 0 saturated heterocycles. The Balaban J connectivity index is 2.14. The molecular weight excluding hydrogens is 332 g/mol. The topological polar surface area (TPSA) is 64.8 Å². The quantitative estimate of drug-likeness (QED) is 0.751. The summed E-state index contributed by atoms with van der Waals surface area (Å²) in [4.78, 5) is 13.3. The summed E-state index contributed by atoms with van der Waals surface area (Å²) in [5.74, 6) is 1.01. The number of benzene rings is 2. The summed E-state index contributed by atoms with van der Waals surface area (Å²) in [6.07, 6.45) is 0.454. The minimum atomic E-state index is -1.42. The van der Waals surface area contributed by atoms with E-state index >= 15 is 0 Å². The zero-order chi connectivity index (χ0) is 18.9. The Labute approximate surface area is 152 Å². The monoisotopic (exact) mass is 354 g/mol. The lowest BCUT2D eigenvalue weighted by Crippen LogP contribution is -2.41. The molecule has 6 nitrogen and oxygen atoms in total. The Kier molecular flexibility index (Phi) is 4.70. The molecule has 3 rings (SSSR count). The van der Waals surface area contributed by atoms with Gasteiger partial charge in [-0.25, -0.2) is 0 Å².